The molecule has 19 heavy (non-hydrogen) atoms. The first-order chi connectivity index (χ1) is 9.28. The number of aliphatic hydroxyl groups is 1. The van der Waals surface area contributed by atoms with Crippen molar-refractivity contribution in [2.24, 2.45) is 47.3 Å². The molecule has 4 bridgehead atoms. The number of aliphatic hydroxyl groups excluding tert-OH is 1. The van der Waals surface area contributed by atoms with E-state index in [1.165, 1.54) is 25.7 Å². The van der Waals surface area contributed by atoms with Crippen molar-refractivity contribution in [3.05, 3.63) is 0 Å². The summed E-state index contributed by atoms with van der Waals surface area (Å²) in [7, 11) is 1.91. The minimum Gasteiger partial charge on any atom is -0.396 e. The molecule has 4 aliphatic rings. The molecule has 108 valence electrons. The quantitative estimate of drug-likeness (QED) is 0.791. The van der Waals surface area contributed by atoms with Crippen LogP contribution in [-0.2, 0) is 4.74 Å². The summed E-state index contributed by atoms with van der Waals surface area (Å²) in [4.78, 5) is 0. The molecule has 0 heterocycles. The fourth-order valence-corrected chi connectivity index (χ4v) is 6.97. The minimum atomic E-state index is 0.413. The minimum absolute atomic E-state index is 0.413. The standard InChI is InChI=1S/C17H28O2/c1-3-9(8-18)12-4-10-5-13(12)16-11-6-14(17(10)16)15(7-11)19-2/h9-18H,3-8H2,1-2H3. The predicted molar refractivity (Wildman–Crippen MR) is 74.6 cm³/mol. The monoisotopic (exact) mass is 264 g/mol. The summed E-state index contributed by atoms with van der Waals surface area (Å²) in [6.07, 6.45) is 7.39. The summed E-state index contributed by atoms with van der Waals surface area (Å²) >= 11 is 0. The van der Waals surface area contributed by atoms with Gasteiger partial charge < -0.3 is 9.84 Å². The highest BCUT2D eigenvalue weighted by Gasteiger charge is 2.65. The molecular weight excluding hydrogens is 236 g/mol. The first kappa shape index (κ1) is 12.6. The van der Waals surface area contributed by atoms with Gasteiger partial charge in [-0.3, -0.25) is 0 Å². The molecule has 2 nitrogen and oxygen atoms in total. The molecule has 9 atom stereocenters. The molecule has 4 fully saturated rings. The Bertz CT molecular complexity index is 351. The Morgan fingerprint density at radius 2 is 1.74 bits per heavy atom. The molecule has 0 spiro atoms. The van der Waals surface area contributed by atoms with Crippen LogP contribution >= 0.6 is 0 Å². The van der Waals surface area contributed by atoms with Crippen LogP contribution in [0.25, 0.3) is 0 Å². The molecule has 2 heteroatoms. The molecule has 4 aliphatic carbocycles. The van der Waals surface area contributed by atoms with Crippen LogP contribution < -0.4 is 0 Å². The van der Waals surface area contributed by atoms with E-state index in [0.29, 0.717) is 18.6 Å². The molecule has 0 aliphatic heterocycles. The van der Waals surface area contributed by atoms with Crippen LogP contribution in [0.3, 0.4) is 0 Å². The van der Waals surface area contributed by atoms with Crippen LogP contribution in [0.1, 0.15) is 39.0 Å². The molecule has 0 saturated heterocycles. The van der Waals surface area contributed by atoms with Crippen LogP contribution in [0.15, 0.2) is 0 Å². The van der Waals surface area contributed by atoms with E-state index < -0.39 is 0 Å². The van der Waals surface area contributed by atoms with Crippen LogP contribution in [0.5, 0.6) is 0 Å². The molecule has 4 rings (SSSR count). The second kappa shape index (κ2) is 4.46. The maximum Gasteiger partial charge on any atom is 0.0605 e. The average Bonchev–Trinajstić information content (AvgIpc) is 3.16. The van der Waals surface area contributed by atoms with Crippen molar-refractivity contribution < 1.29 is 9.84 Å². The number of methoxy groups -OCH3 is 1. The Hall–Kier alpha value is -0.0800. The fourth-order valence-electron chi connectivity index (χ4n) is 6.97. The van der Waals surface area contributed by atoms with Gasteiger partial charge >= 0.3 is 0 Å². The Kier molecular flexibility index (Phi) is 2.97. The van der Waals surface area contributed by atoms with E-state index in [2.05, 4.69) is 6.92 Å². The van der Waals surface area contributed by atoms with E-state index in [4.69, 9.17) is 4.74 Å². The van der Waals surface area contributed by atoms with Gasteiger partial charge in [0.2, 0.25) is 0 Å². The van der Waals surface area contributed by atoms with E-state index >= 15 is 0 Å². The SMILES string of the molecule is CCC(CO)C1CC2CC1C1C3CC(OC)C(C3)C21. The molecule has 0 aromatic heterocycles. The Morgan fingerprint density at radius 1 is 1.05 bits per heavy atom. The van der Waals surface area contributed by atoms with Gasteiger partial charge in [0, 0.05) is 13.7 Å². The summed E-state index contributed by atoms with van der Waals surface area (Å²) in [5.41, 5.74) is 0. The normalized spacial score (nSPS) is 55.7. The Morgan fingerprint density at radius 3 is 2.42 bits per heavy atom. The van der Waals surface area contributed by atoms with E-state index in [0.717, 1.165) is 47.8 Å². The predicted octanol–water partition coefficient (Wildman–Crippen LogP) is 2.95. The maximum atomic E-state index is 9.65. The average molecular weight is 264 g/mol. The number of hydrogen-bond donors (Lipinski definition) is 1. The zero-order chi connectivity index (χ0) is 13.1. The third kappa shape index (κ3) is 1.56. The second-order valence-corrected chi connectivity index (χ2v) is 7.73. The number of ether oxygens (including phenoxy) is 1. The molecule has 4 saturated carbocycles. The van der Waals surface area contributed by atoms with Gasteiger partial charge in [0.1, 0.15) is 0 Å². The lowest BCUT2D eigenvalue weighted by atomic mass is 9.64. The van der Waals surface area contributed by atoms with E-state index in [9.17, 15) is 5.11 Å². The van der Waals surface area contributed by atoms with Crippen molar-refractivity contribution in [3.8, 4) is 0 Å². The molecule has 0 radical (unpaired) electrons. The van der Waals surface area contributed by atoms with Gasteiger partial charge in [0.05, 0.1) is 6.10 Å². The van der Waals surface area contributed by atoms with Crippen molar-refractivity contribution in [1.29, 1.82) is 0 Å². The van der Waals surface area contributed by atoms with Gasteiger partial charge in [0.15, 0.2) is 0 Å². The number of hydrogen-bond acceptors (Lipinski definition) is 2. The van der Waals surface area contributed by atoms with Crippen LogP contribution in [0, 0.1) is 47.3 Å². The van der Waals surface area contributed by atoms with Gasteiger partial charge in [-0.05, 0) is 73.0 Å². The van der Waals surface area contributed by atoms with Crippen molar-refractivity contribution >= 4 is 0 Å². The van der Waals surface area contributed by atoms with Crippen LogP contribution in [0.2, 0.25) is 0 Å². The summed E-state index contributed by atoms with van der Waals surface area (Å²) in [6.45, 7) is 2.67. The Labute approximate surface area is 116 Å². The van der Waals surface area contributed by atoms with Crippen molar-refractivity contribution in [3.63, 3.8) is 0 Å². The third-order valence-corrected chi connectivity index (χ3v) is 7.48. The van der Waals surface area contributed by atoms with Crippen molar-refractivity contribution in [2.75, 3.05) is 13.7 Å². The maximum absolute atomic E-state index is 9.65. The van der Waals surface area contributed by atoms with Crippen molar-refractivity contribution in [1.82, 2.24) is 0 Å². The first-order valence-electron chi connectivity index (χ1n) is 8.42. The largest absolute Gasteiger partial charge is 0.396 e. The summed E-state index contributed by atoms with van der Waals surface area (Å²) in [5, 5.41) is 9.65. The summed E-state index contributed by atoms with van der Waals surface area (Å²) in [5.74, 6) is 7.14. The highest BCUT2D eigenvalue weighted by molar-refractivity contribution is 5.13. The first-order valence-corrected chi connectivity index (χ1v) is 8.42. The molecule has 9 unspecified atom stereocenters. The molecule has 0 aromatic carbocycles. The molecular formula is C17H28O2. The molecule has 1 N–H and O–H groups in total. The molecule has 0 aromatic rings. The Balaban J connectivity index is 1.56. The second-order valence-electron chi connectivity index (χ2n) is 7.73. The van der Waals surface area contributed by atoms with E-state index in [1.807, 2.05) is 7.11 Å². The highest BCUT2D eigenvalue weighted by Crippen LogP contribution is 2.70. The third-order valence-electron chi connectivity index (χ3n) is 7.48. The van der Waals surface area contributed by atoms with Crippen LogP contribution in [-0.4, -0.2) is 24.9 Å². The van der Waals surface area contributed by atoms with Gasteiger partial charge in [-0.25, -0.2) is 0 Å². The smallest absolute Gasteiger partial charge is 0.0605 e. The zero-order valence-corrected chi connectivity index (χ0v) is 12.3. The highest BCUT2D eigenvalue weighted by atomic mass is 16.5. The number of fused-ring (bicyclic) bond motifs is 9. The van der Waals surface area contributed by atoms with E-state index in [-0.39, 0.29) is 0 Å². The lowest BCUT2D eigenvalue weighted by molar-refractivity contribution is -0.0213. The van der Waals surface area contributed by atoms with Gasteiger partial charge in [-0.1, -0.05) is 13.3 Å². The van der Waals surface area contributed by atoms with Gasteiger partial charge in [-0.15, -0.1) is 0 Å². The van der Waals surface area contributed by atoms with Gasteiger partial charge in [-0.2, -0.15) is 0 Å². The van der Waals surface area contributed by atoms with Crippen molar-refractivity contribution in [2.45, 2.75) is 45.1 Å². The summed E-state index contributed by atoms with van der Waals surface area (Å²) in [6, 6.07) is 0. The lowest BCUT2D eigenvalue weighted by Crippen LogP contribution is -2.40. The number of rotatable bonds is 4. The zero-order valence-electron chi connectivity index (χ0n) is 12.3. The topological polar surface area (TPSA) is 29.5 Å². The van der Waals surface area contributed by atoms with E-state index in [1.54, 1.807) is 0 Å². The van der Waals surface area contributed by atoms with Crippen LogP contribution in [0.4, 0.5) is 0 Å². The lowest BCUT2D eigenvalue weighted by Gasteiger charge is -2.43. The molecule has 0 amide bonds. The fraction of sp³-hybridized carbons (Fsp3) is 1.00. The summed E-state index contributed by atoms with van der Waals surface area (Å²) < 4.78 is 5.74. The van der Waals surface area contributed by atoms with Gasteiger partial charge in [0.25, 0.3) is 0 Å².